The second kappa shape index (κ2) is 30.8. The minimum atomic E-state index is -2.86. The third-order valence-corrected chi connectivity index (χ3v) is 21.6. The van der Waals surface area contributed by atoms with E-state index in [1.807, 2.05) is 152 Å². The van der Waals surface area contributed by atoms with E-state index in [2.05, 4.69) is 117 Å². The Bertz CT molecular complexity index is 5400. The summed E-state index contributed by atoms with van der Waals surface area (Å²) in [7, 11) is -1.21. The van der Waals surface area contributed by atoms with E-state index in [1.165, 1.54) is 11.1 Å². The summed E-state index contributed by atoms with van der Waals surface area (Å²) >= 11 is 0. The van der Waals surface area contributed by atoms with E-state index in [1.54, 1.807) is 7.11 Å². The van der Waals surface area contributed by atoms with Crippen molar-refractivity contribution < 1.29 is 37.4 Å². The molecule has 540 valence electrons. The van der Waals surface area contributed by atoms with Crippen LogP contribution in [0.2, 0.25) is 0 Å². The van der Waals surface area contributed by atoms with Gasteiger partial charge in [-0.3, -0.25) is 46.6 Å². The molecule has 18 rings (SSSR count). The Labute approximate surface area is 614 Å². The first kappa shape index (κ1) is 70.3. The fourth-order valence-electron chi connectivity index (χ4n) is 13.4. The van der Waals surface area contributed by atoms with Crippen molar-refractivity contribution in [2.45, 2.75) is 90.4 Å². The number of aryl methyl sites for hydroxylation is 1. The van der Waals surface area contributed by atoms with Gasteiger partial charge in [0.1, 0.15) is 28.3 Å². The van der Waals surface area contributed by atoms with Crippen LogP contribution in [0.4, 0.5) is 23.3 Å². The molecular formula is C82H83N15O8S. The van der Waals surface area contributed by atoms with Gasteiger partial charge in [-0.2, -0.15) is 0 Å². The van der Waals surface area contributed by atoms with Crippen LogP contribution >= 0.6 is 0 Å². The fraction of sp³-hybridized carbons (Fsp3) is 0.305. The number of sulfone groups is 1. The van der Waals surface area contributed by atoms with Gasteiger partial charge in [0, 0.05) is 74.1 Å². The van der Waals surface area contributed by atoms with E-state index >= 15 is 0 Å². The number of aliphatic hydroxyl groups is 1. The van der Waals surface area contributed by atoms with Crippen LogP contribution in [0.25, 0.3) is 72.5 Å². The molecule has 4 saturated carbocycles. The second-order valence-corrected chi connectivity index (χ2v) is 30.6. The van der Waals surface area contributed by atoms with E-state index in [9.17, 15) is 32.7 Å². The van der Waals surface area contributed by atoms with Crippen LogP contribution in [0.15, 0.2) is 189 Å². The van der Waals surface area contributed by atoms with Gasteiger partial charge in [-0.15, -0.1) is 0 Å². The Morgan fingerprint density at radius 1 is 0.472 bits per heavy atom. The number of rotatable bonds is 18. The van der Waals surface area contributed by atoms with Crippen molar-refractivity contribution in [3.8, 4) is 50.8 Å². The van der Waals surface area contributed by atoms with E-state index in [4.69, 9.17) is 11.3 Å². The number of carbonyl (C=O) groups excluding carboxylic acids is 4. The number of nitrogens with one attached hydrogen (secondary N) is 4. The summed E-state index contributed by atoms with van der Waals surface area (Å²) in [4.78, 5) is 73.9. The second-order valence-electron chi connectivity index (χ2n) is 28.3. The number of imidazole rings is 4. The molecular weight excluding hydrogens is 1360 g/mol. The maximum atomic E-state index is 12.1. The van der Waals surface area contributed by atoms with Gasteiger partial charge in [-0.1, -0.05) is 91.0 Å². The van der Waals surface area contributed by atoms with E-state index < -0.39 is 9.84 Å². The van der Waals surface area contributed by atoms with Crippen LogP contribution in [0.3, 0.4) is 0 Å². The molecule has 6 fully saturated rings. The molecule has 0 radical (unpaired) electrons. The van der Waals surface area contributed by atoms with Gasteiger partial charge in [0.2, 0.25) is 30.2 Å². The summed E-state index contributed by atoms with van der Waals surface area (Å²) < 4.78 is 36.5. The zero-order valence-corrected chi connectivity index (χ0v) is 60.0. The van der Waals surface area contributed by atoms with Gasteiger partial charge in [0.25, 0.3) is 0 Å². The van der Waals surface area contributed by atoms with Crippen molar-refractivity contribution in [3.63, 3.8) is 0 Å². The number of methoxy groups -OCH3 is 1. The molecule has 23 nitrogen and oxygen atoms in total. The summed E-state index contributed by atoms with van der Waals surface area (Å²) in [6.07, 6.45) is 16.0. The SMILES string of the molecule is COc1ccc(-c2cccc3nc(NC(=O)C4CC4)cn23)cc1.Cc1cc(CN2CCS(=O)(=O)CC2)ccc1-c1cccc2nc(NC(=O)C3CC3)cn12.O=C(Nc1cn2c(-c3ccc(CN4CC[C@@H](O)C4)cc3)cccc2n1)C1CC1.[C-]#[N+]Cc1ccc(-c2cccc3nc(NC(=O)C4CC4)cn23)cc1. The number of β-amino-alcohol motifs (C(OH)–C–C–N with tert-alkyl or cyclic N) is 1. The maximum Gasteiger partial charge on any atom is 0.239 e. The van der Waals surface area contributed by atoms with E-state index in [0.717, 1.165) is 168 Å². The zero-order valence-electron chi connectivity index (χ0n) is 59.1. The van der Waals surface area contributed by atoms with Crippen LogP contribution in [-0.4, -0.2) is 135 Å². The minimum absolute atomic E-state index is 0.0519. The number of likely N-dealkylation sites (tertiary alicyclic amines) is 1. The molecule has 4 aromatic carbocycles. The molecule has 8 aromatic heterocycles. The molecule has 2 aliphatic heterocycles. The van der Waals surface area contributed by atoms with Crippen LogP contribution in [0, 0.1) is 37.2 Å². The van der Waals surface area contributed by atoms with Crippen molar-refractivity contribution in [1.82, 2.24) is 47.3 Å². The van der Waals surface area contributed by atoms with E-state index in [0.29, 0.717) is 42.9 Å². The molecule has 4 aliphatic carbocycles. The summed E-state index contributed by atoms with van der Waals surface area (Å²) in [5.74, 6) is 4.56. The number of anilines is 4. The number of amides is 4. The third kappa shape index (κ3) is 17.0. The van der Waals surface area contributed by atoms with Gasteiger partial charge < -0.3 is 36.0 Å². The monoisotopic (exact) mass is 1440 g/mol. The van der Waals surface area contributed by atoms with Crippen molar-refractivity contribution in [2.75, 3.05) is 66.1 Å². The summed E-state index contributed by atoms with van der Waals surface area (Å²) in [5.41, 5.74) is 16.2. The number of nitrogens with zero attached hydrogens (tertiary/aromatic N) is 11. The van der Waals surface area contributed by atoms with E-state index in [-0.39, 0.29) is 64.9 Å². The number of hydrogen-bond acceptors (Lipinski definition) is 14. The number of ether oxygens (including phenoxy) is 1. The highest BCUT2D eigenvalue weighted by Crippen LogP contribution is 2.36. The lowest BCUT2D eigenvalue weighted by Gasteiger charge is -2.26. The Balaban J connectivity index is 0.000000114. The van der Waals surface area contributed by atoms with Crippen LogP contribution in [0.5, 0.6) is 5.75 Å². The van der Waals surface area contributed by atoms with Gasteiger partial charge in [0.15, 0.2) is 33.1 Å². The first-order valence-electron chi connectivity index (χ1n) is 36.3. The normalized spacial score (nSPS) is 16.9. The molecule has 0 spiro atoms. The Morgan fingerprint density at radius 2 is 0.840 bits per heavy atom. The molecule has 4 amide bonds. The molecule has 5 N–H and O–H groups in total. The summed E-state index contributed by atoms with van der Waals surface area (Å²) in [6, 6.07) is 54.6. The van der Waals surface area contributed by atoms with Crippen molar-refractivity contribution in [3.05, 3.63) is 222 Å². The lowest BCUT2D eigenvalue weighted by Crippen LogP contribution is -2.39. The highest BCUT2D eigenvalue weighted by Gasteiger charge is 2.33. The van der Waals surface area contributed by atoms with Crippen LogP contribution < -0.4 is 26.0 Å². The van der Waals surface area contributed by atoms with Crippen molar-refractivity contribution >= 4 is 79.3 Å². The lowest BCUT2D eigenvalue weighted by molar-refractivity contribution is -0.118. The third-order valence-electron chi connectivity index (χ3n) is 20.0. The molecule has 0 bridgehead atoms. The molecule has 12 aromatic rings. The predicted molar refractivity (Wildman–Crippen MR) is 409 cm³/mol. The van der Waals surface area contributed by atoms with Gasteiger partial charge in [-0.05, 0) is 171 Å². The molecule has 6 aliphatic rings. The van der Waals surface area contributed by atoms with Gasteiger partial charge >= 0.3 is 0 Å². The molecule has 106 heavy (non-hydrogen) atoms. The average molecular weight is 1440 g/mol. The molecule has 2 saturated heterocycles. The molecule has 24 heteroatoms. The topological polar surface area (TPSA) is 260 Å². The highest BCUT2D eigenvalue weighted by atomic mass is 32.2. The molecule has 10 heterocycles. The minimum Gasteiger partial charge on any atom is -0.497 e. The molecule has 1 atom stereocenters. The molecule has 0 unspecified atom stereocenters. The predicted octanol–water partition coefficient (Wildman–Crippen LogP) is 12.9. The Morgan fingerprint density at radius 3 is 1.21 bits per heavy atom. The Kier molecular flexibility index (Phi) is 20.4. The Hall–Kier alpha value is -11.4. The number of pyridine rings is 4. The first-order chi connectivity index (χ1) is 51.5. The van der Waals surface area contributed by atoms with Crippen LogP contribution in [-0.2, 0) is 48.6 Å². The number of carbonyl (C=O) groups is 4. The lowest BCUT2D eigenvalue weighted by atomic mass is 10.0. The highest BCUT2D eigenvalue weighted by molar-refractivity contribution is 7.91. The van der Waals surface area contributed by atoms with Gasteiger partial charge in [0.05, 0.1) is 72.3 Å². The number of hydrogen-bond donors (Lipinski definition) is 5. The van der Waals surface area contributed by atoms with Crippen LogP contribution in [0.1, 0.15) is 80.0 Å². The first-order valence-corrected chi connectivity index (χ1v) is 38.1. The number of benzene rings is 4. The fourth-order valence-corrected chi connectivity index (χ4v) is 14.7. The standard InChI is InChI=1S/C23H26N4O3S.C22H24N4O2.C19H16N4O.C18H17N3O2/c1-16-13-17(14-26-9-11-31(29,30)12-10-26)5-8-19(16)20-3-2-4-22-24-21(15-27(20)22)25-23(28)18-6-7-18;27-18-10-11-25(13-18)12-15-4-6-16(7-5-15)19-2-1-3-21-23-20(14-26(19)21)24-22(28)17-8-9-17;1-20-11-13-5-7-14(8-6-13)16-3-2-4-18-21-17(12-23(16)18)22-19(24)15-9-10-15;1-23-14-9-7-12(8-10-14)15-3-2-4-17-19-16(11-21(15)17)20-18(22)13-5-6-13/h2-5,8,13,15,18H,6-7,9-12,14H2,1H3,(H,25,28);1-7,14,17-18,27H,8-13H2,(H,24,28);2-8,12,15H,9-11H2,(H,22,24);2-4,7-11,13H,5-6H2,1H3,(H,20,22)/t;18-;;/m.1../s1. The van der Waals surface area contributed by atoms with Crippen molar-refractivity contribution in [2.24, 2.45) is 23.7 Å². The maximum absolute atomic E-state index is 12.1. The number of aromatic nitrogens is 8. The smallest absolute Gasteiger partial charge is 0.239 e. The number of fused-ring (bicyclic) bond motifs is 4. The van der Waals surface area contributed by atoms with Gasteiger partial charge in [-0.25, -0.2) is 34.9 Å². The summed E-state index contributed by atoms with van der Waals surface area (Å²) in [6.45, 7) is 13.9. The summed E-state index contributed by atoms with van der Waals surface area (Å²) in [5, 5.41) is 21.3. The average Bonchev–Trinajstić information content (AvgIpc) is 1.77. The zero-order chi connectivity index (χ0) is 73.0. The largest absolute Gasteiger partial charge is 0.497 e. The van der Waals surface area contributed by atoms with Crippen molar-refractivity contribution in [1.29, 1.82) is 0 Å². The number of aliphatic hydroxyl groups excluding tert-OH is 1. The quantitative estimate of drug-likeness (QED) is 0.0501.